The lowest BCUT2D eigenvalue weighted by atomic mass is 10.1. The summed E-state index contributed by atoms with van der Waals surface area (Å²) in [5.74, 6) is 3.59. The van der Waals surface area contributed by atoms with Crippen LogP contribution in [0.25, 0.3) is 0 Å². The second-order valence-electron chi connectivity index (χ2n) is 3.68. The molecule has 1 atom stereocenters. The van der Waals surface area contributed by atoms with E-state index in [9.17, 15) is 0 Å². The fraction of sp³-hybridized carbons (Fsp3) is 0.462. The topological polar surface area (TPSA) is 28.2 Å². The van der Waals surface area contributed by atoms with Crippen molar-refractivity contribution in [2.24, 2.45) is 0 Å². The second kappa shape index (κ2) is 6.14. The van der Waals surface area contributed by atoms with Crippen LogP contribution in [0.15, 0.2) is 18.3 Å². The Balaban J connectivity index is 2.92. The van der Waals surface area contributed by atoms with Crippen LogP contribution >= 0.6 is 0 Å². The third-order valence-electron chi connectivity index (χ3n) is 2.69. The van der Waals surface area contributed by atoms with Gasteiger partial charge in [0, 0.05) is 18.8 Å². The number of hydrogen-bond donors (Lipinski definition) is 1. The average Bonchev–Trinajstić information content (AvgIpc) is 2.35. The van der Waals surface area contributed by atoms with Crippen molar-refractivity contribution in [3.05, 3.63) is 23.9 Å². The number of nitrogens with one attached hydrogen (secondary N) is 1. The molecule has 86 valence electrons. The van der Waals surface area contributed by atoms with Gasteiger partial charge in [0.1, 0.15) is 5.82 Å². The van der Waals surface area contributed by atoms with E-state index in [1.807, 2.05) is 19.3 Å². The highest BCUT2D eigenvalue weighted by Crippen LogP contribution is 2.17. The van der Waals surface area contributed by atoms with Crippen LogP contribution in [0.4, 0.5) is 5.82 Å². The molecule has 3 nitrogen and oxygen atoms in total. The van der Waals surface area contributed by atoms with Gasteiger partial charge in [0.25, 0.3) is 0 Å². The van der Waals surface area contributed by atoms with Crippen molar-refractivity contribution in [2.45, 2.75) is 19.9 Å². The lowest BCUT2D eigenvalue weighted by molar-refractivity contribution is 0.651. The number of anilines is 1. The largest absolute Gasteiger partial charge is 0.346 e. The van der Waals surface area contributed by atoms with Crippen LogP contribution in [0.1, 0.15) is 25.5 Å². The Bertz CT molecular complexity index is 368. The molecule has 0 saturated carbocycles. The van der Waals surface area contributed by atoms with E-state index in [1.54, 1.807) is 0 Å². The summed E-state index contributed by atoms with van der Waals surface area (Å²) in [6.07, 6.45) is 7.17. The lowest BCUT2D eigenvalue weighted by Crippen LogP contribution is -2.24. The molecule has 0 fully saturated rings. The van der Waals surface area contributed by atoms with Crippen LogP contribution in [-0.2, 0) is 0 Å². The van der Waals surface area contributed by atoms with E-state index in [-0.39, 0.29) is 0 Å². The molecule has 0 amide bonds. The van der Waals surface area contributed by atoms with E-state index >= 15 is 0 Å². The molecule has 3 heteroatoms. The van der Waals surface area contributed by atoms with Gasteiger partial charge in [-0.25, -0.2) is 4.98 Å². The summed E-state index contributed by atoms with van der Waals surface area (Å²) >= 11 is 0. The Labute approximate surface area is 97.9 Å². The van der Waals surface area contributed by atoms with Crippen molar-refractivity contribution in [2.75, 3.05) is 25.0 Å². The number of nitrogens with zero attached hydrogens (tertiary/aromatic N) is 2. The predicted molar refractivity (Wildman–Crippen MR) is 68.4 cm³/mol. The van der Waals surface area contributed by atoms with Gasteiger partial charge in [-0.2, -0.15) is 0 Å². The van der Waals surface area contributed by atoms with E-state index in [2.05, 4.69) is 41.0 Å². The smallest absolute Gasteiger partial charge is 0.129 e. The molecule has 0 aliphatic rings. The standard InChI is InChI=1S/C13H19N3/c1-5-9-16(6-2)13-10-12(7-8-15-13)11(3)14-4/h1,7-8,10-11,14H,6,9H2,2-4H3. The molecule has 1 aromatic heterocycles. The van der Waals surface area contributed by atoms with Crippen molar-refractivity contribution in [1.29, 1.82) is 0 Å². The van der Waals surface area contributed by atoms with Gasteiger partial charge in [-0.1, -0.05) is 5.92 Å². The van der Waals surface area contributed by atoms with Gasteiger partial charge < -0.3 is 10.2 Å². The summed E-state index contributed by atoms with van der Waals surface area (Å²) in [5, 5.41) is 3.21. The van der Waals surface area contributed by atoms with Crippen molar-refractivity contribution >= 4 is 5.82 Å². The van der Waals surface area contributed by atoms with Gasteiger partial charge in [-0.05, 0) is 38.6 Å². The minimum Gasteiger partial charge on any atom is -0.346 e. The van der Waals surface area contributed by atoms with E-state index < -0.39 is 0 Å². The first-order valence-electron chi connectivity index (χ1n) is 5.54. The zero-order valence-electron chi connectivity index (χ0n) is 10.2. The van der Waals surface area contributed by atoms with Gasteiger partial charge in [0.2, 0.25) is 0 Å². The number of terminal acetylenes is 1. The summed E-state index contributed by atoms with van der Waals surface area (Å²) in [6, 6.07) is 4.43. The first-order chi connectivity index (χ1) is 7.72. The number of pyridine rings is 1. The lowest BCUT2D eigenvalue weighted by Gasteiger charge is -2.20. The van der Waals surface area contributed by atoms with Crippen molar-refractivity contribution in [3.8, 4) is 12.3 Å². The summed E-state index contributed by atoms with van der Waals surface area (Å²) in [4.78, 5) is 6.42. The highest BCUT2D eigenvalue weighted by Gasteiger charge is 2.07. The van der Waals surface area contributed by atoms with Crippen LogP contribution in [0, 0.1) is 12.3 Å². The van der Waals surface area contributed by atoms with E-state index in [4.69, 9.17) is 6.42 Å². The second-order valence-corrected chi connectivity index (χ2v) is 3.68. The van der Waals surface area contributed by atoms with Crippen LogP contribution in [0.3, 0.4) is 0 Å². The van der Waals surface area contributed by atoms with Gasteiger partial charge in [-0.15, -0.1) is 6.42 Å². The Morgan fingerprint density at radius 2 is 2.38 bits per heavy atom. The maximum absolute atomic E-state index is 5.33. The van der Waals surface area contributed by atoms with Crippen LogP contribution in [0.2, 0.25) is 0 Å². The number of hydrogen-bond acceptors (Lipinski definition) is 3. The average molecular weight is 217 g/mol. The third kappa shape index (κ3) is 2.98. The molecule has 1 unspecified atom stereocenters. The summed E-state index contributed by atoms with van der Waals surface area (Å²) in [5.41, 5.74) is 1.22. The molecule has 1 heterocycles. The Hall–Kier alpha value is -1.53. The highest BCUT2D eigenvalue weighted by atomic mass is 15.2. The Morgan fingerprint density at radius 3 is 2.94 bits per heavy atom. The van der Waals surface area contributed by atoms with E-state index in [0.717, 1.165) is 12.4 Å². The van der Waals surface area contributed by atoms with Crippen molar-refractivity contribution in [1.82, 2.24) is 10.3 Å². The first-order valence-corrected chi connectivity index (χ1v) is 5.54. The fourth-order valence-electron chi connectivity index (χ4n) is 1.51. The maximum Gasteiger partial charge on any atom is 0.129 e. The molecule has 0 aliphatic carbocycles. The quantitative estimate of drug-likeness (QED) is 0.763. The van der Waals surface area contributed by atoms with E-state index in [0.29, 0.717) is 12.6 Å². The molecular formula is C13H19N3. The van der Waals surface area contributed by atoms with Gasteiger partial charge in [0.15, 0.2) is 0 Å². The monoisotopic (exact) mass is 217 g/mol. The molecule has 0 saturated heterocycles. The first kappa shape index (κ1) is 12.5. The molecular weight excluding hydrogens is 198 g/mol. The molecule has 1 aromatic rings. The van der Waals surface area contributed by atoms with Crippen LogP contribution in [-0.4, -0.2) is 25.1 Å². The SMILES string of the molecule is C#CCN(CC)c1cc(C(C)NC)ccn1. The third-order valence-corrected chi connectivity index (χ3v) is 2.69. The minimum atomic E-state index is 0.325. The van der Waals surface area contributed by atoms with E-state index in [1.165, 1.54) is 5.56 Å². The Kier molecular flexibility index (Phi) is 4.81. The molecule has 0 bridgehead atoms. The molecule has 0 radical (unpaired) electrons. The normalized spacial score (nSPS) is 11.9. The molecule has 1 N–H and O–H groups in total. The molecule has 0 aromatic carbocycles. The van der Waals surface area contributed by atoms with Crippen molar-refractivity contribution in [3.63, 3.8) is 0 Å². The summed E-state index contributed by atoms with van der Waals surface area (Å²) in [6.45, 7) is 5.67. The summed E-state index contributed by atoms with van der Waals surface area (Å²) in [7, 11) is 1.95. The highest BCUT2D eigenvalue weighted by molar-refractivity contribution is 5.42. The van der Waals surface area contributed by atoms with Gasteiger partial charge in [-0.3, -0.25) is 0 Å². The zero-order valence-corrected chi connectivity index (χ0v) is 10.2. The molecule has 1 rings (SSSR count). The predicted octanol–water partition coefficient (Wildman–Crippen LogP) is 1.82. The number of rotatable bonds is 5. The van der Waals surface area contributed by atoms with Crippen molar-refractivity contribution < 1.29 is 0 Å². The minimum absolute atomic E-state index is 0.325. The fourth-order valence-corrected chi connectivity index (χ4v) is 1.51. The Morgan fingerprint density at radius 1 is 1.62 bits per heavy atom. The summed E-state index contributed by atoms with van der Waals surface area (Å²) < 4.78 is 0. The molecule has 0 spiro atoms. The zero-order chi connectivity index (χ0) is 12.0. The van der Waals surface area contributed by atoms with Gasteiger partial charge >= 0.3 is 0 Å². The van der Waals surface area contributed by atoms with Crippen LogP contribution < -0.4 is 10.2 Å². The van der Waals surface area contributed by atoms with Gasteiger partial charge in [0.05, 0.1) is 6.54 Å². The molecule has 16 heavy (non-hydrogen) atoms. The maximum atomic E-state index is 5.33. The number of aromatic nitrogens is 1. The molecule has 0 aliphatic heterocycles. The van der Waals surface area contributed by atoms with Crippen LogP contribution in [0.5, 0.6) is 0 Å².